The quantitative estimate of drug-likeness (QED) is 0.444. The third kappa shape index (κ3) is 5.51. The fraction of sp³-hybridized carbons (Fsp3) is 0.318. The van der Waals surface area contributed by atoms with E-state index in [9.17, 15) is 4.79 Å². The Hall–Kier alpha value is -2.71. The molecule has 162 valence electrons. The Kier molecular flexibility index (Phi) is 6.99. The summed E-state index contributed by atoms with van der Waals surface area (Å²) in [7, 11) is 0. The van der Waals surface area contributed by atoms with Crippen LogP contribution in [0.25, 0.3) is 0 Å². The second kappa shape index (κ2) is 10.1. The molecule has 0 spiro atoms. The van der Waals surface area contributed by atoms with Crippen LogP contribution in [0.5, 0.6) is 17.2 Å². The Morgan fingerprint density at radius 2 is 1.90 bits per heavy atom. The Morgan fingerprint density at radius 1 is 1.13 bits per heavy atom. The van der Waals surface area contributed by atoms with Gasteiger partial charge in [0.25, 0.3) is 0 Å². The number of hydrogen-bond donors (Lipinski definition) is 0. The Morgan fingerprint density at radius 3 is 2.68 bits per heavy atom. The van der Waals surface area contributed by atoms with E-state index in [1.54, 1.807) is 24.3 Å². The number of hydrogen-bond acceptors (Lipinski definition) is 7. The molecular formula is C22H22ClN3O4S. The molecule has 1 aliphatic heterocycles. The average Bonchev–Trinajstić information content (AvgIpc) is 3.19. The molecule has 0 bridgehead atoms. The van der Waals surface area contributed by atoms with Gasteiger partial charge in [0.1, 0.15) is 31.4 Å². The van der Waals surface area contributed by atoms with Crippen molar-refractivity contribution in [2.75, 3.05) is 19.0 Å². The Balaban J connectivity index is 1.32. The molecule has 0 N–H and O–H groups in total. The van der Waals surface area contributed by atoms with Gasteiger partial charge in [0.2, 0.25) is 0 Å². The minimum Gasteiger partial charge on any atom is -0.486 e. The molecule has 0 saturated heterocycles. The van der Waals surface area contributed by atoms with Crippen LogP contribution in [-0.2, 0) is 24.4 Å². The highest BCUT2D eigenvalue weighted by atomic mass is 35.5. The highest BCUT2D eigenvalue weighted by Crippen LogP contribution is 2.31. The van der Waals surface area contributed by atoms with E-state index in [2.05, 4.69) is 10.2 Å². The molecule has 0 atom stereocenters. The lowest BCUT2D eigenvalue weighted by Gasteiger charge is -2.18. The fourth-order valence-electron chi connectivity index (χ4n) is 3.15. The molecule has 0 saturated carbocycles. The smallest absolute Gasteiger partial charge is 0.191 e. The van der Waals surface area contributed by atoms with Gasteiger partial charge in [0.15, 0.2) is 22.5 Å². The van der Waals surface area contributed by atoms with E-state index >= 15 is 0 Å². The van der Waals surface area contributed by atoms with Crippen molar-refractivity contribution in [1.29, 1.82) is 0 Å². The van der Waals surface area contributed by atoms with Gasteiger partial charge >= 0.3 is 0 Å². The number of benzene rings is 2. The van der Waals surface area contributed by atoms with Gasteiger partial charge in [-0.1, -0.05) is 29.4 Å². The zero-order valence-electron chi connectivity index (χ0n) is 17.0. The van der Waals surface area contributed by atoms with E-state index in [1.165, 1.54) is 11.8 Å². The van der Waals surface area contributed by atoms with Gasteiger partial charge in [0.05, 0.1) is 5.75 Å². The van der Waals surface area contributed by atoms with E-state index < -0.39 is 0 Å². The van der Waals surface area contributed by atoms with Crippen LogP contribution in [-0.4, -0.2) is 39.5 Å². The zero-order chi connectivity index (χ0) is 21.6. The fourth-order valence-corrected chi connectivity index (χ4v) is 4.16. The largest absolute Gasteiger partial charge is 0.486 e. The lowest BCUT2D eigenvalue weighted by Crippen LogP contribution is -2.15. The Labute approximate surface area is 189 Å². The van der Waals surface area contributed by atoms with Crippen molar-refractivity contribution >= 4 is 29.1 Å². The second-order valence-corrected chi connectivity index (χ2v) is 8.25. The normalized spacial score (nSPS) is 12.6. The molecule has 31 heavy (non-hydrogen) atoms. The number of carbonyl (C=O) groups excluding carboxylic acids is 1. The van der Waals surface area contributed by atoms with Crippen molar-refractivity contribution < 1.29 is 19.0 Å². The summed E-state index contributed by atoms with van der Waals surface area (Å²) in [6.45, 7) is 4.05. The first-order valence-corrected chi connectivity index (χ1v) is 11.3. The lowest BCUT2D eigenvalue weighted by molar-refractivity contribution is -0.116. The number of Topliss-reactive ketones (excluding diaryl/α,β-unsaturated/α-hetero) is 1. The molecule has 3 aromatic rings. The highest BCUT2D eigenvalue weighted by Gasteiger charge is 2.16. The van der Waals surface area contributed by atoms with E-state index in [-0.39, 0.29) is 12.4 Å². The predicted molar refractivity (Wildman–Crippen MR) is 118 cm³/mol. The van der Waals surface area contributed by atoms with Crippen LogP contribution in [0.2, 0.25) is 5.02 Å². The zero-order valence-corrected chi connectivity index (χ0v) is 18.6. The van der Waals surface area contributed by atoms with Crippen LogP contribution in [0.4, 0.5) is 0 Å². The summed E-state index contributed by atoms with van der Waals surface area (Å²) in [4.78, 5) is 12.5. The van der Waals surface area contributed by atoms with E-state index in [1.807, 2.05) is 29.7 Å². The maximum atomic E-state index is 12.5. The number of halogens is 1. The number of ether oxygens (including phenoxy) is 3. The first-order chi connectivity index (χ1) is 15.1. The van der Waals surface area contributed by atoms with Crippen molar-refractivity contribution in [3.63, 3.8) is 0 Å². The van der Waals surface area contributed by atoms with E-state index in [0.29, 0.717) is 59.4 Å². The lowest BCUT2D eigenvalue weighted by atomic mass is 10.1. The molecule has 0 aliphatic carbocycles. The van der Waals surface area contributed by atoms with Crippen LogP contribution in [0.15, 0.2) is 47.6 Å². The molecule has 7 nitrogen and oxygen atoms in total. The average molecular weight is 460 g/mol. The molecule has 0 amide bonds. The number of carbonyl (C=O) groups is 1. The summed E-state index contributed by atoms with van der Waals surface area (Å²) in [6, 6.07) is 12.8. The van der Waals surface area contributed by atoms with Crippen LogP contribution >= 0.6 is 23.4 Å². The van der Waals surface area contributed by atoms with Crippen molar-refractivity contribution in [2.45, 2.75) is 31.7 Å². The maximum Gasteiger partial charge on any atom is 0.191 e. The van der Waals surface area contributed by atoms with Crippen molar-refractivity contribution in [3.8, 4) is 17.2 Å². The second-order valence-electron chi connectivity index (χ2n) is 6.87. The van der Waals surface area contributed by atoms with Crippen LogP contribution < -0.4 is 14.2 Å². The van der Waals surface area contributed by atoms with E-state index in [0.717, 1.165) is 11.3 Å². The first-order valence-electron chi connectivity index (χ1n) is 9.96. The number of ketones is 1. The van der Waals surface area contributed by atoms with Crippen molar-refractivity contribution in [1.82, 2.24) is 14.8 Å². The monoisotopic (exact) mass is 459 g/mol. The van der Waals surface area contributed by atoms with Crippen molar-refractivity contribution in [3.05, 3.63) is 58.9 Å². The summed E-state index contributed by atoms with van der Waals surface area (Å²) in [5, 5.41) is 9.82. The van der Waals surface area contributed by atoms with Gasteiger partial charge in [-0.3, -0.25) is 4.79 Å². The predicted octanol–water partition coefficient (Wildman–Crippen LogP) is 4.21. The molecule has 1 aromatic heterocycles. The molecule has 4 rings (SSSR count). The van der Waals surface area contributed by atoms with Gasteiger partial charge in [-0.05, 0) is 48.9 Å². The molecule has 0 fully saturated rings. The van der Waals surface area contributed by atoms with Gasteiger partial charge in [-0.25, -0.2) is 0 Å². The van der Waals surface area contributed by atoms with Crippen molar-refractivity contribution in [2.24, 2.45) is 0 Å². The van der Waals surface area contributed by atoms with Crippen LogP contribution in [0, 0.1) is 0 Å². The SMILES string of the molecule is CCn1c(COc2ccc(Cl)cc2)nnc1SCC(=O)Cc1ccc2c(c1)OCCO2. The molecule has 0 unspecified atom stereocenters. The topological polar surface area (TPSA) is 75.5 Å². The van der Waals surface area contributed by atoms with Gasteiger partial charge in [-0.2, -0.15) is 0 Å². The summed E-state index contributed by atoms with van der Waals surface area (Å²) in [5.41, 5.74) is 0.906. The summed E-state index contributed by atoms with van der Waals surface area (Å²) in [5.74, 6) is 3.25. The summed E-state index contributed by atoms with van der Waals surface area (Å²) in [6.07, 6.45) is 0.330. The summed E-state index contributed by atoms with van der Waals surface area (Å²) < 4.78 is 18.8. The number of fused-ring (bicyclic) bond motifs is 1. The van der Waals surface area contributed by atoms with E-state index in [4.69, 9.17) is 25.8 Å². The molecule has 0 radical (unpaired) electrons. The Bertz CT molecular complexity index is 1060. The standard InChI is InChI=1S/C22H22ClN3O4S/c1-2-26-21(13-30-18-6-4-16(23)5-7-18)24-25-22(26)31-14-17(27)11-15-3-8-19-20(12-15)29-10-9-28-19/h3-8,12H,2,9-11,13-14H2,1H3. The number of thioether (sulfide) groups is 1. The maximum absolute atomic E-state index is 12.5. The number of nitrogens with zero attached hydrogens (tertiary/aromatic N) is 3. The third-order valence-electron chi connectivity index (χ3n) is 4.66. The molecular weight excluding hydrogens is 438 g/mol. The molecule has 9 heteroatoms. The minimum absolute atomic E-state index is 0.103. The number of rotatable bonds is 9. The number of aromatic nitrogens is 3. The van der Waals surface area contributed by atoms with Crippen LogP contribution in [0.3, 0.4) is 0 Å². The third-order valence-corrected chi connectivity index (χ3v) is 5.94. The van der Waals surface area contributed by atoms with Gasteiger partial charge < -0.3 is 18.8 Å². The van der Waals surface area contributed by atoms with Gasteiger partial charge in [0, 0.05) is 18.0 Å². The van der Waals surface area contributed by atoms with Gasteiger partial charge in [-0.15, -0.1) is 10.2 Å². The first kappa shape index (κ1) is 21.5. The summed E-state index contributed by atoms with van der Waals surface area (Å²) >= 11 is 7.28. The molecule has 2 aromatic carbocycles. The minimum atomic E-state index is 0.103. The highest BCUT2D eigenvalue weighted by molar-refractivity contribution is 7.99. The molecule has 2 heterocycles. The molecule has 1 aliphatic rings. The van der Waals surface area contributed by atoms with Crippen LogP contribution in [0.1, 0.15) is 18.3 Å².